The van der Waals surface area contributed by atoms with E-state index < -0.39 is 0 Å². The smallest absolute Gasteiger partial charge is 0.243 e. The fourth-order valence-corrected chi connectivity index (χ4v) is 1.89. The third-order valence-corrected chi connectivity index (χ3v) is 2.68. The van der Waals surface area contributed by atoms with Crippen molar-refractivity contribution in [3.8, 4) is 0 Å². The third kappa shape index (κ3) is 2.86. The summed E-state index contributed by atoms with van der Waals surface area (Å²) in [5.41, 5.74) is 1.79. The number of nitrogens with zero attached hydrogens (tertiary/aromatic N) is 6. The van der Waals surface area contributed by atoms with Gasteiger partial charge >= 0.3 is 6.03 Å². The molecule has 0 fully saturated rings. The van der Waals surface area contributed by atoms with Crippen LogP contribution in [0.3, 0.4) is 0 Å². The Morgan fingerprint density at radius 1 is 1.32 bits per heavy atom. The number of hydrogen-bond acceptors (Lipinski definition) is 5. The highest BCUT2D eigenvalue weighted by Gasteiger charge is 2.22. The molecule has 0 N–H and O–H groups in total. The number of hydrogen-bond donors (Lipinski definition) is 0. The average molecular weight is 262 g/mol. The predicted molar refractivity (Wildman–Crippen MR) is 68.8 cm³/mol. The van der Waals surface area contributed by atoms with E-state index in [0.29, 0.717) is 6.42 Å². The molecule has 7 heteroatoms. The number of rotatable bonds is 2. The lowest BCUT2D eigenvalue weighted by Gasteiger charge is -2.16. The fraction of sp³-hybridized carbons (Fsp3) is 0.583. The molecule has 19 heavy (non-hydrogen) atoms. The second kappa shape index (κ2) is 4.91. The minimum absolute atomic E-state index is 0.0983. The van der Waals surface area contributed by atoms with Gasteiger partial charge in [0, 0.05) is 0 Å². The molecule has 0 radical (unpaired) electrons. The Hall–Kier alpha value is -2.05. The summed E-state index contributed by atoms with van der Waals surface area (Å²) in [6.07, 6.45) is 4.42. The molecular formula is C12H18N6O. The molecule has 0 bridgehead atoms. The topological polar surface area (TPSA) is 78.5 Å². The minimum atomic E-state index is -0.359. The Labute approximate surface area is 111 Å². The van der Waals surface area contributed by atoms with Crippen LogP contribution in [0.25, 0.3) is 0 Å². The summed E-state index contributed by atoms with van der Waals surface area (Å²) >= 11 is 0. The van der Waals surface area contributed by atoms with Gasteiger partial charge in [0.1, 0.15) is 0 Å². The van der Waals surface area contributed by atoms with E-state index in [0.717, 1.165) is 22.5 Å². The lowest BCUT2D eigenvalue weighted by molar-refractivity contribution is 0.236. The van der Waals surface area contributed by atoms with Crippen LogP contribution in [0, 0.1) is 5.41 Å². The largest absolute Gasteiger partial charge is 0.372 e. The van der Waals surface area contributed by atoms with Crippen LogP contribution in [0.5, 0.6) is 0 Å². The second-order valence-electron chi connectivity index (χ2n) is 5.62. The van der Waals surface area contributed by atoms with Gasteiger partial charge in [-0.05, 0) is 18.3 Å². The second-order valence-corrected chi connectivity index (χ2v) is 5.62. The van der Waals surface area contributed by atoms with Crippen molar-refractivity contribution in [1.82, 2.24) is 30.0 Å². The van der Waals surface area contributed by atoms with E-state index in [2.05, 4.69) is 41.4 Å². The van der Waals surface area contributed by atoms with Crippen LogP contribution in [0.15, 0.2) is 12.4 Å². The van der Waals surface area contributed by atoms with Crippen molar-refractivity contribution in [1.29, 1.82) is 0 Å². The molecule has 7 nitrogen and oxygen atoms in total. The maximum absolute atomic E-state index is 12.2. The first kappa shape index (κ1) is 13.4. The first-order valence-electron chi connectivity index (χ1n) is 6.27. The molecule has 0 unspecified atom stereocenters. The zero-order valence-corrected chi connectivity index (χ0v) is 11.7. The Balaban J connectivity index is 2.35. The van der Waals surface area contributed by atoms with E-state index in [1.54, 1.807) is 0 Å². The molecule has 0 aliphatic carbocycles. The van der Waals surface area contributed by atoms with Crippen LogP contribution in [0.4, 0.5) is 4.79 Å². The van der Waals surface area contributed by atoms with E-state index in [4.69, 9.17) is 0 Å². The summed E-state index contributed by atoms with van der Waals surface area (Å²) < 4.78 is 2.45. The van der Waals surface area contributed by atoms with Gasteiger partial charge in [0.05, 0.1) is 23.8 Å². The summed E-state index contributed by atoms with van der Waals surface area (Å²) in [5.74, 6) is 0. The van der Waals surface area contributed by atoms with Crippen LogP contribution in [-0.4, -0.2) is 36.0 Å². The van der Waals surface area contributed by atoms with Gasteiger partial charge in [-0.25, -0.2) is 4.79 Å². The van der Waals surface area contributed by atoms with Crippen LogP contribution >= 0.6 is 0 Å². The molecule has 2 heterocycles. The highest BCUT2D eigenvalue weighted by Crippen LogP contribution is 2.21. The van der Waals surface area contributed by atoms with E-state index in [-0.39, 0.29) is 11.4 Å². The molecule has 0 spiro atoms. The van der Waals surface area contributed by atoms with Gasteiger partial charge in [0.15, 0.2) is 0 Å². The quantitative estimate of drug-likeness (QED) is 0.820. The Bertz CT molecular complexity index is 564. The Kier molecular flexibility index (Phi) is 3.46. The van der Waals surface area contributed by atoms with Gasteiger partial charge in [-0.15, -0.1) is 10.2 Å². The molecule has 0 aliphatic rings. The molecule has 0 amide bonds. The highest BCUT2D eigenvalue weighted by molar-refractivity contribution is 5.77. The van der Waals surface area contributed by atoms with Crippen molar-refractivity contribution in [2.75, 3.05) is 0 Å². The molecule has 102 valence electrons. The average Bonchev–Trinajstić information content (AvgIpc) is 2.94. The molecule has 0 saturated carbocycles. The first-order chi connectivity index (χ1) is 8.92. The molecular weight excluding hydrogens is 244 g/mol. The summed E-state index contributed by atoms with van der Waals surface area (Å²) in [4.78, 5) is 12.2. The molecule has 2 aromatic rings. The summed E-state index contributed by atoms with van der Waals surface area (Å²) in [6.45, 7) is 8.37. The third-order valence-electron chi connectivity index (χ3n) is 2.68. The zero-order chi connectivity index (χ0) is 14.0. The maximum Gasteiger partial charge on any atom is 0.372 e. The number of carbonyl (C=O) groups excluding carboxylic acids is 1. The van der Waals surface area contributed by atoms with E-state index in [1.165, 1.54) is 17.1 Å². The van der Waals surface area contributed by atoms with Gasteiger partial charge in [-0.1, -0.05) is 38.1 Å². The van der Waals surface area contributed by atoms with Crippen LogP contribution in [0.1, 0.15) is 39.1 Å². The van der Waals surface area contributed by atoms with Gasteiger partial charge in [-0.2, -0.15) is 9.36 Å². The van der Waals surface area contributed by atoms with Crippen molar-refractivity contribution in [3.63, 3.8) is 0 Å². The zero-order valence-electron chi connectivity index (χ0n) is 11.7. The first-order valence-corrected chi connectivity index (χ1v) is 6.27. The van der Waals surface area contributed by atoms with E-state index >= 15 is 0 Å². The number of carbonyl (C=O) groups is 1. The van der Waals surface area contributed by atoms with Crippen molar-refractivity contribution in [3.05, 3.63) is 23.8 Å². The summed E-state index contributed by atoms with van der Waals surface area (Å²) in [7, 11) is 0. The van der Waals surface area contributed by atoms with Gasteiger partial charge < -0.3 is 0 Å². The molecule has 2 rings (SSSR count). The maximum atomic E-state index is 12.2. The van der Waals surface area contributed by atoms with Crippen molar-refractivity contribution >= 4 is 6.03 Å². The highest BCUT2D eigenvalue weighted by atomic mass is 16.2. The van der Waals surface area contributed by atoms with Crippen LogP contribution in [0.2, 0.25) is 0 Å². The monoisotopic (exact) mass is 262 g/mol. The standard InChI is InChI=1S/C12H18N6O/c1-5-10-9(8-12(2,3)4)14-16-18(10)11(19)17-7-6-13-15-17/h6-7H,5,8H2,1-4H3. The lowest BCUT2D eigenvalue weighted by Crippen LogP contribution is -2.23. The molecule has 0 aliphatic heterocycles. The lowest BCUT2D eigenvalue weighted by atomic mass is 9.90. The van der Waals surface area contributed by atoms with Gasteiger partial charge in [0.25, 0.3) is 0 Å². The van der Waals surface area contributed by atoms with Crippen molar-refractivity contribution in [2.24, 2.45) is 5.41 Å². The molecule has 0 saturated heterocycles. The minimum Gasteiger partial charge on any atom is -0.243 e. The van der Waals surface area contributed by atoms with Crippen LogP contribution in [-0.2, 0) is 12.8 Å². The molecule has 0 aromatic carbocycles. The van der Waals surface area contributed by atoms with Gasteiger partial charge in [-0.3, -0.25) is 0 Å². The Morgan fingerprint density at radius 2 is 2.05 bits per heavy atom. The normalized spacial score (nSPS) is 11.8. The number of aromatic nitrogens is 6. The van der Waals surface area contributed by atoms with Crippen molar-refractivity contribution < 1.29 is 4.79 Å². The fourth-order valence-electron chi connectivity index (χ4n) is 1.89. The molecule has 2 aromatic heterocycles. The summed E-state index contributed by atoms with van der Waals surface area (Å²) in [5, 5.41) is 15.4. The van der Waals surface area contributed by atoms with Crippen LogP contribution < -0.4 is 0 Å². The molecule has 0 atom stereocenters. The van der Waals surface area contributed by atoms with Gasteiger partial charge in [0.2, 0.25) is 0 Å². The van der Waals surface area contributed by atoms with Crippen molar-refractivity contribution in [2.45, 2.75) is 40.5 Å². The van der Waals surface area contributed by atoms with E-state index in [9.17, 15) is 4.79 Å². The summed E-state index contributed by atoms with van der Waals surface area (Å²) in [6, 6.07) is -0.359. The van der Waals surface area contributed by atoms with E-state index in [1.807, 2.05) is 6.92 Å². The Morgan fingerprint density at radius 3 is 2.58 bits per heavy atom. The SMILES string of the molecule is CCc1c(CC(C)(C)C)nnn1C(=O)n1ccnn1. The predicted octanol–water partition coefficient (Wildman–Crippen LogP) is 1.54.